The van der Waals surface area contributed by atoms with Gasteiger partial charge in [-0.05, 0) is 33.1 Å². The van der Waals surface area contributed by atoms with Crippen molar-refractivity contribution in [2.24, 2.45) is 5.92 Å². The predicted molar refractivity (Wildman–Crippen MR) is 75.8 cm³/mol. The van der Waals surface area contributed by atoms with Crippen molar-refractivity contribution in [1.29, 1.82) is 0 Å². The van der Waals surface area contributed by atoms with Crippen molar-refractivity contribution in [3.63, 3.8) is 0 Å². The molecular weight excluding hydrogens is 276 g/mol. The molecule has 0 spiro atoms. The molecule has 1 unspecified atom stereocenters. The fourth-order valence-corrected chi connectivity index (χ4v) is 2.89. The standard InChI is InChI=1S/C15H28O6/c1-3-17-15(18-4-2)14-11(9-16)12(10-20-14)21-13-7-5-6-8-19-13/h11-16H,3-10H2,1-2H3/t11-,12+,13?,14-/m1/s1. The number of hydrogen-bond donors (Lipinski definition) is 1. The minimum atomic E-state index is -0.460. The van der Waals surface area contributed by atoms with Crippen LogP contribution in [0.3, 0.4) is 0 Å². The quantitative estimate of drug-likeness (QED) is 0.682. The highest BCUT2D eigenvalue weighted by Gasteiger charge is 2.44. The number of hydrogen-bond acceptors (Lipinski definition) is 6. The average Bonchev–Trinajstić information content (AvgIpc) is 2.90. The normalized spacial score (nSPS) is 33.7. The van der Waals surface area contributed by atoms with Gasteiger partial charge >= 0.3 is 0 Å². The first-order valence-corrected chi connectivity index (χ1v) is 8.02. The summed E-state index contributed by atoms with van der Waals surface area (Å²) in [6.45, 7) is 6.08. The van der Waals surface area contributed by atoms with E-state index in [9.17, 15) is 5.11 Å². The number of rotatable bonds is 8. The minimum absolute atomic E-state index is 0.0152. The van der Waals surface area contributed by atoms with E-state index < -0.39 is 6.29 Å². The van der Waals surface area contributed by atoms with Crippen LogP contribution >= 0.6 is 0 Å². The molecule has 0 aliphatic carbocycles. The minimum Gasteiger partial charge on any atom is -0.396 e. The molecule has 2 heterocycles. The first-order chi connectivity index (χ1) is 10.3. The maximum Gasteiger partial charge on any atom is 0.184 e. The second-order valence-electron chi connectivity index (χ2n) is 5.39. The van der Waals surface area contributed by atoms with Crippen molar-refractivity contribution < 1.29 is 28.8 Å². The second-order valence-corrected chi connectivity index (χ2v) is 5.39. The van der Waals surface area contributed by atoms with E-state index >= 15 is 0 Å². The molecule has 0 aromatic carbocycles. The molecule has 124 valence electrons. The lowest BCUT2D eigenvalue weighted by molar-refractivity contribution is -0.209. The van der Waals surface area contributed by atoms with Crippen molar-refractivity contribution in [3.8, 4) is 0 Å². The summed E-state index contributed by atoms with van der Waals surface area (Å²) >= 11 is 0. The topological polar surface area (TPSA) is 66.4 Å². The maximum atomic E-state index is 9.71. The summed E-state index contributed by atoms with van der Waals surface area (Å²) in [6.07, 6.45) is 1.99. The van der Waals surface area contributed by atoms with Crippen molar-refractivity contribution in [2.45, 2.75) is 57.9 Å². The lowest BCUT2D eigenvalue weighted by Crippen LogP contribution is -2.41. The fraction of sp³-hybridized carbons (Fsp3) is 1.00. The molecular formula is C15H28O6. The van der Waals surface area contributed by atoms with E-state index in [0.29, 0.717) is 19.8 Å². The molecule has 0 saturated carbocycles. The van der Waals surface area contributed by atoms with E-state index in [1.54, 1.807) is 0 Å². The van der Waals surface area contributed by atoms with Crippen LogP contribution in [0.15, 0.2) is 0 Å². The zero-order valence-electron chi connectivity index (χ0n) is 13.0. The molecule has 1 N–H and O–H groups in total. The number of ether oxygens (including phenoxy) is 5. The molecule has 0 aromatic rings. The Morgan fingerprint density at radius 3 is 2.48 bits per heavy atom. The Bertz CT molecular complexity index is 275. The van der Waals surface area contributed by atoms with E-state index in [1.807, 2.05) is 13.8 Å². The van der Waals surface area contributed by atoms with Gasteiger partial charge in [0, 0.05) is 25.7 Å². The maximum absolute atomic E-state index is 9.71. The van der Waals surface area contributed by atoms with Crippen LogP contribution in [0.1, 0.15) is 33.1 Å². The van der Waals surface area contributed by atoms with Gasteiger partial charge in [0.1, 0.15) is 6.10 Å². The Morgan fingerprint density at radius 1 is 1.14 bits per heavy atom. The Morgan fingerprint density at radius 2 is 1.90 bits per heavy atom. The molecule has 0 radical (unpaired) electrons. The molecule has 2 rings (SSSR count). The molecule has 2 saturated heterocycles. The highest BCUT2D eigenvalue weighted by molar-refractivity contribution is 4.87. The van der Waals surface area contributed by atoms with Gasteiger partial charge in [0.2, 0.25) is 0 Å². The molecule has 0 bridgehead atoms. The van der Waals surface area contributed by atoms with E-state index in [1.165, 1.54) is 0 Å². The summed E-state index contributed by atoms with van der Waals surface area (Å²) < 4.78 is 28.5. The van der Waals surface area contributed by atoms with Gasteiger partial charge in [-0.25, -0.2) is 0 Å². The van der Waals surface area contributed by atoms with E-state index in [2.05, 4.69) is 0 Å². The number of aliphatic hydroxyl groups is 1. The zero-order chi connectivity index (χ0) is 15.1. The molecule has 2 fully saturated rings. The van der Waals surface area contributed by atoms with Crippen molar-refractivity contribution >= 4 is 0 Å². The third-order valence-corrected chi connectivity index (χ3v) is 3.96. The van der Waals surface area contributed by atoms with Crippen molar-refractivity contribution in [3.05, 3.63) is 0 Å². The summed E-state index contributed by atoms with van der Waals surface area (Å²) in [6, 6.07) is 0. The van der Waals surface area contributed by atoms with E-state index in [-0.39, 0.29) is 31.0 Å². The molecule has 6 nitrogen and oxygen atoms in total. The van der Waals surface area contributed by atoms with Crippen LogP contribution in [-0.4, -0.2) is 62.9 Å². The molecule has 6 heteroatoms. The van der Waals surface area contributed by atoms with Gasteiger partial charge in [-0.2, -0.15) is 0 Å². The van der Waals surface area contributed by atoms with Crippen LogP contribution in [0.2, 0.25) is 0 Å². The van der Waals surface area contributed by atoms with Gasteiger partial charge in [0.05, 0.1) is 19.3 Å². The van der Waals surface area contributed by atoms with Gasteiger partial charge < -0.3 is 28.8 Å². The molecule has 0 aromatic heterocycles. The first kappa shape index (κ1) is 17.1. The van der Waals surface area contributed by atoms with Gasteiger partial charge in [-0.15, -0.1) is 0 Å². The van der Waals surface area contributed by atoms with Crippen LogP contribution < -0.4 is 0 Å². The second kappa shape index (κ2) is 9.02. The first-order valence-electron chi connectivity index (χ1n) is 8.02. The average molecular weight is 304 g/mol. The molecule has 2 aliphatic rings. The van der Waals surface area contributed by atoms with Crippen LogP contribution in [0.4, 0.5) is 0 Å². The fourth-order valence-electron chi connectivity index (χ4n) is 2.89. The van der Waals surface area contributed by atoms with Crippen molar-refractivity contribution in [1.82, 2.24) is 0 Å². The summed E-state index contributed by atoms with van der Waals surface area (Å²) in [4.78, 5) is 0. The van der Waals surface area contributed by atoms with Gasteiger partial charge in [-0.1, -0.05) is 0 Å². The third kappa shape index (κ3) is 4.61. The zero-order valence-corrected chi connectivity index (χ0v) is 13.0. The van der Waals surface area contributed by atoms with Crippen LogP contribution in [0.25, 0.3) is 0 Å². The monoisotopic (exact) mass is 304 g/mol. The lowest BCUT2D eigenvalue weighted by Gasteiger charge is -2.30. The molecule has 4 atom stereocenters. The molecule has 21 heavy (non-hydrogen) atoms. The van der Waals surface area contributed by atoms with Gasteiger partial charge in [-0.3, -0.25) is 0 Å². The van der Waals surface area contributed by atoms with Crippen LogP contribution in [0, 0.1) is 5.92 Å². The van der Waals surface area contributed by atoms with Crippen molar-refractivity contribution in [2.75, 3.05) is 33.0 Å². The summed E-state index contributed by atoms with van der Waals surface area (Å²) in [7, 11) is 0. The Kier molecular flexibility index (Phi) is 7.36. The third-order valence-electron chi connectivity index (χ3n) is 3.96. The van der Waals surface area contributed by atoms with Crippen LogP contribution in [0.5, 0.6) is 0 Å². The molecule has 0 amide bonds. The lowest BCUT2D eigenvalue weighted by atomic mass is 9.99. The van der Waals surface area contributed by atoms with Gasteiger partial charge in [0.15, 0.2) is 12.6 Å². The van der Waals surface area contributed by atoms with E-state index in [0.717, 1.165) is 25.9 Å². The SMILES string of the molecule is CCOC(OCC)[C@@H]1OC[C@H](OC2CCCCO2)[C@H]1CO. The highest BCUT2D eigenvalue weighted by atomic mass is 16.7. The van der Waals surface area contributed by atoms with E-state index in [4.69, 9.17) is 23.7 Å². The predicted octanol–water partition coefficient (Wildman–Crippen LogP) is 1.30. The Hall–Kier alpha value is -0.240. The summed E-state index contributed by atoms with van der Waals surface area (Å²) in [5.74, 6) is -0.154. The highest BCUT2D eigenvalue weighted by Crippen LogP contribution is 2.30. The Labute approximate surface area is 126 Å². The van der Waals surface area contributed by atoms with Crippen LogP contribution in [-0.2, 0) is 23.7 Å². The van der Waals surface area contributed by atoms with Gasteiger partial charge in [0.25, 0.3) is 0 Å². The smallest absolute Gasteiger partial charge is 0.184 e. The largest absolute Gasteiger partial charge is 0.396 e. The number of aliphatic hydroxyl groups excluding tert-OH is 1. The molecule has 2 aliphatic heterocycles. The summed E-state index contributed by atoms with van der Waals surface area (Å²) in [5.41, 5.74) is 0. The summed E-state index contributed by atoms with van der Waals surface area (Å²) in [5, 5.41) is 9.71. The Balaban J connectivity index is 1.91.